The second-order valence-corrected chi connectivity index (χ2v) is 11.6. The number of anilines is 1. The standard InChI is InChI=1S/C26H23BrN4O4S/c1-26(2)11-18-21(19(32)12-26)20(16-5-3-4-6-17(16)27)22-23(28-18)29-25(30-24(22)33)36-13-14-7-9-15(10-8-14)31(34)35/h3-10,20H,11-13H2,1-2H3,(H2,28,29,30,33). The molecule has 0 fully saturated rings. The molecule has 0 radical (unpaired) electrons. The SMILES string of the molecule is CC1(C)CC(=O)C2=C(C1)Nc1nc(SCc3ccc([N+](=O)[O-])cc3)[nH]c(=O)c1C2c1ccccc1Br. The van der Waals surface area contributed by atoms with E-state index in [1.165, 1.54) is 23.9 Å². The molecule has 10 heteroatoms. The lowest BCUT2D eigenvalue weighted by atomic mass is 9.69. The van der Waals surface area contributed by atoms with E-state index < -0.39 is 10.8 Å². The summed E-state index contributed by atoms with van der Waals surface area (Å²) in [5.74, 6) is 0.443. The summed E-state index contributed by atoms with van der Waals surface area (Å²) in [5, 5.41) is 14.7. The number of fused-ring (bicyclic) bond motifs is 1. The third-order valence-corrected chi connectivity index (χ3v) is 8.11. The van der Waals surface area contributed by atoms with Gasteiger partial charge >= 0.3 is 0 Å². The number of aromatic amines is 1. The molecule has 36 heavy (non-hydrogen) atoms. The molecule has 2 aromatic carbocycles. The van der Waals surface area contributed by atoms with Crippen molar-refractivity contribution >= 4 is 45.0 Å². The Bertz CT molecular complexity index is 1480. The second-order valence-electron chi connectivity index (χ2n) is 9.76. The van der Waals surface area contributed by atoms with E-state index in [1.807, 2.05) is 24.3 Å². The number of aromatic nitrogens is 2. The lowest BCUT2D eigenvalue weighted by molar-refractivity contribution is -0.384. The molecule has 1 unspecified atom stereocenters. The average molecular weight is 567 g/mol. The van der Waals surface area contributed by atoms with Gasteiger partial charge in [0.15, 0.2) is 10.9 Å². The Morgan fingerprint density at radius 3 is 2.56 bits per heavy atom. The van der Waals surface area contributed by atoms with Crippen molar-refractivity contribution in [3.63, 3.8) is 0 Å². The van der Waals surface area contributed by atoms with E-state index >= 15 is 0 Å². The van der Waals surface area contributed by atoms with Crippen molar-refractivity contribution in [1.82, 2.24) is 9.97 Å². The number of rotatable bonds is 5. The van der Waals surface area contributed by atoms with Crippen LogP contribution in [0.5, 0.6) is 0 Å². The number of non-ortho nitro benzene ring substituents is 1. The highest BCUT2D eigenvalue weighted by atomic mass is 79.9. The van der Waals surface area contributed by atoms with Gasteiger partial charge in [0.2, 0.25) is 0 Å². The Labute approximate surface area is 219 Å². The lowest BCUT2D eigenvalue weighted by Gasteiger charge is -2.38. The fourth-order valence-electron chi connectivity index (χ4n) is 4.85. The third kappa shape index (κ3) is 4.62. The Morgan fingerprint density at radius 2 is 1.86 bits per heavy atom. The molecule has 0 saturated carbocycles. The molecular weight excluding hydrogens is 544 g/mol. The van der Waals surface area contributed by atoms with Gasteiger partial charge in [0.1, 0.15) is 5.82 Å². The monoisotopic (exact) mass is 566 g/mol. The summed E-state index contributed by atoms with van der Waals surface area (Å²) < 4.78 is 0.823. The largest absolute Gasteiger partial charge is 0.343 e. The first-order valence-corrected chi connectivity index (χ1v) is 13.2. The van der Waals surface area contributed by atoms with Crippen molar-refractivity contribution < 1.29 is 9.72 Å². The number of hydrogen-bond donors (Lipinski definition) is 2. The van der Waals surface area contributed by atoms with Crippen molar-refractivity contribution in [2.45, 2.75) is 43.5 Å². The zero-order chi connectivity index (χ0) is 25.6. The molecule has 0 spiro atoms. The topological polar surface area (TPSA) is 118 Å². The van der Waals surface area contributed by atoms with E-state index in [0.717, 1.165) is 21.3 Å². The minimum absolute atomic E-state index is 0.0282. The summed E-state index contributed by atoms with van der Waals surface area (Å²) in [6.45, 7) is 4.13. The highest BCUT2D eigenvalue weighted by Gasteiger charge is 2.42. The third-order valence-electron chi connectivity index (χ3n) is 6.44. The number of nitro groups is 1. The summed E-state index contributed by atoms with van der Waals surface area (Å²) in [4.78, 5) is 44.9. The second kappa shape index (κ2) is 9.33. The first-order chi connectivity index (χ1) is 17.1. The fourth-order valence-corrected chi connectivity index (χ4v) is 6.18. The molecule has 2 N–H and O–H groups in total. The van der Waals surface area contributed by atoms with Crippen LogP contribution in [0.25, 0.3) is 0 Å². The molecule has 0 saturated heterocycles. The molecule has 2 heterocycles. The van der Waals surface area contributed by atoms with Crippen molar-refractivity contribution in [2.75, 3.05) is 5.32 Å². The van der Waals surface area contributed by atoms with Gasteiger partial charge in [-0.15, -0.1) is 0 Å². The van der Waals surface area contributed by atoms with Gasteiger partial charge in [0, 0.05) is 46.0 Å². The Balaban J connectivity index is 1.54. The number of hydrogen-bond acceptors (Lipinski definition) is 7. The number of nitrogens with zero attached hydrogens (tertiary/aromatic N) is 2. The minimum atomic E-state index is -0.527. The Morgan fingerprint density at radius 1 is 1.14 bits per heavy atom. The number of benzene rings is 2. The van der Waals surface area contributed by atoms with Crippen molar-refractivity contribution in [3.8, 4) is 0 Å². The Kier molecular flexibility index (Phi) is 6.34. The molecule has 0 bridgehead atoms. The van der Waals surface area contributed by atoms with Crippen LogP contribution in [0.2, 0.25) is 0 Å². The number of carbonyl (C=O) groups is 1. The van der Waals surface area contributed by atoms with E-state index in [1.54, 1.807) is 12.1 Å². The maximum absolute atomic E-state index is 13.4. The number of carbonyl (C=O) groups excluding carboxylic acids is 1. The van der Waals surface area contributed by atoms with Crippen LogP contribution in [0.4, 0.5) is 11.5 Å². The summed E-state index contributed by atoms with van der Waals surface area (Å²) in [5.41, 5.74) is 3.11. The number of halogens is 1. The molecule has 184 valence electrons. The van der Waals surface area contributed by atoms with Crippen LogP contribution in [0.15, 0.2) is 74.2 Å². The normalized spacial score (nSPS) is 18.3. The summed E-state index contributed by atoms with van der Waals surface area (Å²) >= 11 is 4.95. The molecule has 2 aliphatic rings. The van der Waals surface area contributed by atoms with E-state index in [4.69, 9.17) is 4.98 Å². The fraction of sp³-hybridized carbons (Fsp3) is 0.269. The smallest absolute Gasteiger partial charge is 0.269 e. The maximum Gasteiger partial charge on any atom is 0.269 e. The number of H-pyrrole nitrogens is 1. The van der Waals surface area contributed by atoms with Crippen LogP contribution in [0.1, 0.15) is 49.3 Å². The number of allylic oxidation sites excluding steroid dienone is 2. The van der Waals surface area contributed by atoms with E-state index in [9.17, 15) is 19.7 Å². The van der Waals surface area contributed by atoms with E-state index in [2.05, 4.69) is 40.1 Å². The first kappa shape index (κ1) is 24.5. The Hall–Kier alpha value is -3.24. The van der Waals surface area contributed by atoms with Gasteiger partial charge in [-0.05, 0) is 29.0 Å². The van der Waals surface area contributed by atoms with Gasteiger partial charge in [-0.2, -0.15) is 0 Å². The number of nitro benzene ring substituents is 1. The molecule has 1 atom stereocenters. The lowest BCUT2D eigenvalue weighted by Crippen LogP contribution is -2.37. The van der Waals surface area contributed by atoms with Gasteiger partial charge in [-0.1, -0.05) is 71.9 Å². The molecule has 3 aromatic rings. The quantitative estimate of drug-likeness (QED) is 0.170. The summed E-state index contributed by atoms with van der Waals surface area (Å²) in [7, 11) is 0. The predicted octanol–water partition coefficient (Wildman–Crippen LogP) is 5.93. The van der Waals surface area contributed by atoms with Crippen molar-refractivity contribution in [1.29, 1.82) is 0 Å². The maximum atomic E-state index is 13.4. The summed E-state index contributed by atoms with van der Waals surface area (Å²) in [6.07, 6.45) is 1.09. The number of nitrogens with one attached hydrogen (secondary N) is 2. The van der Waals surface area contributed by atoms with Gasteiger partial charge in [0.25, 0.3) is 11.2 Å². The number of thioether (sulfide) groups is 1. The minimum Gasteiger partial charge on any atom is -0.343 e. The van der Waals surface area contributed by atoms with Gasteiger partial charge in [-0.25, -0.2) is 4.98 Å². The zero-order valence-corrected chi connectivity index (χ0v) is 22.0. The molecule has 1 aliphatic heterocycles. The highest BCUT2D eigenvalue weighted by Crippen LogP contribution is 2.48. The van der Waals surface area contributed by atoms with Gasteiger partial charge in [0.05, 0.1) is 10.5 Å². The molecule has 0 amide bonds. The van der Waals surface area contributed by atoms with Crippen LogP contribution in [-0.2, 0) is 10.5 Å². The molecule has 1 aliphatic carbocycles. The average Bonchev–Trinajstić information content (AvgIpc) is 2.81. The van der Waals surface area contributed by atoms with Crippen LogP contribution in [-0.4, -0.2) is 20.7 Å². The molecule has 8 nitrogen and oxygen atoms in total. The highest BCUT2D eigenvalue weighted by molar-refractivity contribution is 9.10. The zero-order valence-electron chi connectivity index (χ0n) is 19.6. The number of ketones is 1. The van der Waals surface area contributed by atoms with Gasteiger partial charge < -0.3 is 10.3 Å². The predicted molar refractivity (Wildman–Crippen MR) is 142 cm³/mol. The molecule has 1 aromatic heterocycles. The van der Waals surface area contributed by atoms with Crippen molar-refractivity contribution in [3.05, 3.63) is 101 Å². The molecule has 5 rings (SSSR count). The molecular formula is C26H23BrN4O4S. The van der Waals surface area contributed by atoms with E-state index in [0.29, 0.717) is 40.7 Å². The van der Waals surface area contributed by atoms with Crippen molar-refractivity contribution in [2.24, 2.45) is 5.41 Å². The van der Waals surface area contributed by atoms with Crippen LogP contribution in [0, 0.1) is 15.5 Å². The first-order valence-electron chi connectivity index (χ1n) is 11.4. The van der Waals surface area contributed by atoms with Crippen LogP contribution >= 0.6 is 27.7 Å². The van der Waals surface area contributed by atoms with Gasteiger partial charge in [-0.3, -0.25) is 19.7 Å². The van der Waals surface area contributed by atoms with Crippen LogP contribution in [0.3, 0.4) is 0 Å². The van der Waals surface area contributed by atoms with Crippen LogP contribution < -0.4 is 10.9 Å². The number of Topliss-reactive ketones (excluding diaryl/α,β-unsaturated/α-hetero) is 1. The summed E-state index contributed by atoms with van der Waals surface area (Å²) in [6, 6.07) is 13.9. The van der Waals surface area contributed by atoms with E-state index in [-0.39, 0.29) is 22.4 Å².